The van der Waals surface area contributed by atoms with Crippen LogP contribution in [-0.4, -0.2) is 9.97 Å². The molecule has 0 saturated carbocycles. The molecule has 21 heavy (non-hydrogen) atoms. The van der Waals surface area contributed by atoms with Gasteiger partial charge < -0.3 is 5.32 Å². The van der Waals surface area contributed by atoms with Gasteiger partial charge in [0.15, 0.2) is 16.8 Å². The van der Waals surface area contributed by atoms with Crippen molar-refractivity contribution in [1.29, 1.82) is 0 Å². The normalized spacial score (nSPS) is 10.6. The highest BCUT2D eigenvalue weighted by atomic mass is 32.2. The molecule has 6 heteroatoms. The lowest BCUT2D eigenvalue weighted by Gasteiger charge is -2.07. The van der Waals surface area contributed by atoms with Gasteiger partial charge >= 0.3 is 0 Å². The zero-order valence-electron chi connectivity index (χ0n) is 11.2. The fourth-order valence-corrected chi connectivity index (χ4v) is 3.27. The second-order valence-corrected chi connectivity index (χ2v) is 6.28. The Kier molecular flexibility index (Phi) is 4.17. The molecule has 0 atom stereocenters. The average molecular weight is 317 g/mol. The van der Waals surface area contributed by atoms with E-state index in [4.69, 9.17) is 0 Å². The molecule has 3 rings (SSSR count). The first-order valence-electron chi connectivity index (χ1n) is 6.29. The van der Waals surface area contributed by atoms with Crippen molar-refractivity contribution in [2.24, 2.45) is 0 Å². The van der Waals surface area contributed by atoms with E-state index in [2.05, 4.69) is 15.3 Å². The van der Waals surface area contributed by atoms with Crippen LogP contribution in [0.5, 0.6) is 0 Å². The minimum atomic E-state index is -0.362. The Morgan fingerprint density at radius 3 is 2.71 bits per heavy atom. The number of rotatable bonds is 4. The minimum absolute atomic E-state index is 0.199. The minimum Gasteiger partial charge on any atom is -0.314 e. The largest absolute Gasteiger partial charge is 0.314 e. The standard InChI is InChI=1S/C15H12FN3S2/c1-10-9-20-15(18-10)19-14-13(16)12(7-8-17-14)21-11-5-3-2-4-6-11/h2-9H,1H3,(H,17,18,19). The maximum absolute atomic E-state index is 14.5. The maximum atomic E-state index is 14.5. The molecule has 2 aromatic heterocycles. The number of benzene rings is 1. The third kappa shape index (κ3) is 3.40. The number of anilines is 2. The number of thiazole rings is 1. The van der Waals surface area contributed by atoms with Crippen LogP contribution in [0.3, 0.4) is 0 Å². The van der Waals surface area contributed by atoms with Crippen molar-refractivity contribution in [1.82, 2.24) is 9.97 Å². The van der Waals surface area contributed by atoms with Crippen LogP contribution < -0.4 is 5.32 Å². The molecule has 1 aromatic carbocycles. The van der Waals surface area contributed by atoms with E-state index in [0.29, 0.717) is 10.0 Å². The van der Waals surface area contributed by atoms with Crippen molar-refractivity contribution in [3.05, 3.63) is 59.5 Å². The predicted octanol–water partition coefficient (Wildman–Crippen LogP) is 4.88. The summed E-state index contributed by atoms with van der Waals surface area (Å²) in [5.41, 5.74) is 0.901. The molecule has 0 aliphatic rings. The smallest absolute Gasteiger partial charge is 0.188 e. The molecule has 0 bridgehead atoms. The first-order valence-corrected chi connectivity index (χ1v) is 7.98. The van der Waals surface area contributed by atoms with E-state index in [1.807, 2.05) is 42.6 Å². The van der Waals surface area contributed by atoms with Crippen molar-refractivity contribution in [3.8, 4) is 0 Å². The lowest BCUT2D eigenvalue weighted by molar-refractivity contribution is 0.600. The highest BCUT2D eigenvalue weighted by Crippen LogP contribution is 2.32. The van der Waals surface area contributed by atoms with Gasteiger partial charge in [-0.05, 0) is 25.1 Å². The summed E-state index contributed by atoms with van der Waals surface area (Å²) in [6, 6.07) is 11.4. The fourth-order valence-electron chi connectivity index (χ4n) is 1.72. The number of aryl methyl sites for hydroxylation is 1. The Labute approximate surface area is 130 Å². The van der Waals surface area contributed by atoms with Crippen LogP contribution in [-0.2, 0) is 0 Å². The van der Waals surface area contributed by atoms with E-state index in [1.165, 1.54) is 23.1 Å². The zero-order chi connectivity index (χ0) is 14.7. The van der Waals surface area contributed by atoms with Crippen molar-refractivity contribution in [3.63, 3.8) is 0 Å². The Hall–Kier alpha value is -1.92. The summed E-state index contributed by atoms with van der Waals surface area (Å²) in [6.45, 7) is 1.90. The summed E-state index contributed by atoms with van der Waals surface area (Å²) in [5.74, 6) is -0.163. The molecule has 0 amide bonds. The van der Waals surface area contributed by atoms with Crippen LogP contribution in [0.1, 0.15) is 5.69 Å². The van der Waals surface area contributed by atoms with Gasteiger partial charge in [0.1, 0.15) is 0 Å². The van der Waals surface area contributed by atoms with E-state index in [9.17, 15) is 4.39 Å². The number of aromatic nitrogens is 2. The van der Waals surface area contributed by atoms with Gasteiger partial charge in [0, 0.05) is 16.5 Å². The summed E-state index contributed by atoms with van der Waals surface area (Å²) < 4.78 is 14.5. The molecule has 0 aliphatic carbocycles. The Morgan fingerprint density at radius 2 is 2.00 bits per heavy atom. The van der Waals surface area contributed by atoms with E-state index < -0.39 is 0 Å². The number of nitrogens with zero attached hydrogens (tertiary/aromatic N) is 2. The van der Waals surface area contributed by atoms with Crippen LogP contribution in [0.15, 0.2) is 57.8 Å². The van der Waals surface area contributed by atoms with Crippen molar-refractivity contribution >= 4 is 34.0 Å². The van der Waals surface area contributed by atoms with Gasteiger partial charge in [-0.25, -0.2) is 14.4 Å². The van der Waals surface area contributed by atoms with Gasteiger partial charge in [-0.15, -0.1) is 11.3 Å². The van der Waals surface area contributed by atoms with Crippen molar-refractivity contribution in [2.45, 2.75) is 16.7 Å². The molecule has 0 unspecified atom stereocenters. The van der Waals surface area contributed by atoms with Gasteiger partial charge in [-0.2, -0.15) is 0 Å². The van der Waals surface area contributed by atoms with Crippen LogP contribution in [0.2, 0.25) is 0 Å². The van der Waals surface area contributed by atoms with Gasteiger partial charge in [-0.1, -0.05) is 30.0 Å². The van der Waals surface area contributed by atoms with Gasteiger partial charge in [0.25, 0.3) is 0 Å². The highest BCUT2D eigenvalue weighted by Gasteiger charge is 2.12. The Balaban J connectivity index is 1.85. The topological polar surface area (TPSA) is 37.8 Å². The molecular weight excluding hydrogens is 305 g/mol. The SMILES string of the molecule is Cc1csc(Nc2nccc(Sc3ccccc3)c2F)n1. The van der Waals surface area contributed by atoms with Crippen LogP contribution in [0.25, 0.3) is 0 Å². The van der Waals surface area contributed by atoms with Crippen LogP contribution in [0.4, 0.5) is 15.3 Å². The Bertz CT molecular complexity index is 744. The first-order chi connectivity index (χ1) is 10.2. The van der Waals surface area contributed by atoms with Crippen LogP contribution >= 0.6 is 23.1 Å². The summed E-state index contributed by atoms with van der Waals surface area (Å²) in [6.07, 6.45) is 1.59. The van der Waals surface area contributed by atoms with Crippen molar-refractivity contribution in [2.75, 3.05) is 5.32 Å². The summed E-state index contributed by atoms with van der Waals surface area (Å²) in [7, 11) is 0. The fraction of sp³-hybridized carbons (Fsp3) is 0.0667. The molecule has 106 valence electrons. The monoisotopic (exact) mass is 317 g/mol. The van der Waals surface area contributed by atoms with E-state index in [0.717, 1.165) is 10.6 Å². The third-order valence-corrected chi connectivity index (χ3v) is 4.59. The second kappa shape index (κ2) is 6.24. The average Bonchev–Trinajstić information content (AvgIpc) is 2.90. The highest BCUT2D eigenvalue weighted by molar-refractivity contribution is 7.99. The molecule has 2 heterocycles. The number of pyridine rings is 1. The lowest BCUT2D eigenvalue weighted by atomic mass is 10.4. The molecule has 0 radical (unpaired) electrons. The summed E-state index contributed by atoms with van der Waals surface area (Å²) >= 11 is 2.80. The van der Waals surface area contributed by atoms with Gasteiger partial charge in [0.05, 0.1) is 10.6 Å². The number of hydrogen-bond acceptors (Lipinski definition) is 5. The first kappa shape index (κ1) is 14.0. The lowest BCUT2D eigenvalue weighted by Crippen LogP contribution is -1.98. The maximum Gasteiger partial charge on any atom is 0.188 e. The molecule has 0 saturated heterocycles. The zero-order valence-corrected chi connectivity index (χ0v) is 12.8. The van der Waals surface area contributed by atoms with Crippen molar-refractivity contribution < 1.29 is 4.39 Å². The molecule has 0 aliphatic heterocycles. The second-order valence-electron chi connectivity index (χ2n) is 4.31. The third-order valence-electron chi connectivity index (χ3n) is 2.67. The number of nitrogens with one attached hydrogen (secondary N) is 1. The summed E-state index contributed by atoms with van der Waals surface area (Å²) in [5, 5.41) is 5.47. The quantitative estimate of drug-likeness (QED) is 0.744. The Morgan fingerprint density at radius 1 is 1.19 bits per heavy atom. The van der Waals surface area contributed by atoms with Gasteiger partial charge in [-0.3, -0.25) is 0 Å². The molecular formula is C15H12FN3S2. The summed E-state index contributed by atoms with van der Waals surface area (Å²) in [4.78, 5) is 9.83. The molecule has 3 aromatic rings. The number of halogens is 1. The van der Waals surface area contributed by atoms with Gasteiger partial charge in [0.2, 0.25) is 0 Å². The number of hydrogen-bond donors (Lipinski definition) is 1. The molecule has 0 spiro atoms. The predicted molar refractivity (Wildman–Crippen MR) is 84.9 cm³/mol. The molecule has 3 nitrogen and oxygen atoms in total. The van der Waals surface area contributed by atoms with E-state index in [-0.39, 0.29) is 11.6 Å². The van der Waals surface area contributed by atoms with E-state index >= 15 is 0 Å². The van der Waals surface area contributed by atoms with E-state index in [1.54, 1.807) is 12.3 Å². The molecule has 0 fully saturated rings. The van der Waals surface area contributed by atoms with Crippen LogP contribution in [0, 0.1) is 12.7 Å². The molecule has 1 N–H and O–H groups in total.